The van der Waals surface area contributed by atoms with Crippen molar-refractivity contribution in [1.29, 1.82) is 0 Å². The first-order chi connectivity index (χ1) is 17.4. The molecule has 4 rings (SSSR count). The number of hydrogen-bond donors (Lipinski definition) is 2. The minimum absolute atomic E-state index is 0.176. The molecule has 8 heteroatoms. The van der Waals surface area contributed by atoms with E-state index >= 15 is 0 Å². The Kier molecular flexibility index (Phi) is 7.65. The number of nitrogens with one attached hydrogen (secondary N) is 2. The van der Waals surface area contributed by atoms with Gasteiger partial charge in [-0.2, -0.15) is 0 Å². The Balaban J connectivity index is 1.46. The lowest BCUT2D eigenvalue weighted by molar-refractivity contribution is -0.118. The predicted molar refractivity (Wildman–Crippen MR) is 145 cm³/mol. The number of ether oxygens (including phenoxy) is 2. The standard InChI is InChI=1S/C28H27N3O4S/c1-4-20-7-5-6-8-23(20)31-27(33)22(30-28(31)36)15-19-11-14-24(25(16-19)34-3)35-17-26(32)29-21-12-9-18(2)10-13-21/h5-16H,4,17H2,1-3H3,(H,29,32)(H,30,36)/b22-15+. The van der Waals surface area contributed by atoms with Crippen molar-refractivity contribution in [3.63, 3.8) is 0 Å². The summed E-state index contributed by atoms with van der Waals surface area (Å²) in [5.41, 5.74) is 4.69. The lowest BCUT2D eigenvalue weighted by Crippen LogP contribution is -2.31. The molecule has 1 aliphatic rings. The van der Waals surface area contributed by atoms with Crippen LogP contribution in [0.4, 0.5) is 11.4 Å². The first-order valence-corrected chi connectivity index (χ1v) is 11.9. The van der Waals surface area contributed by atoms with E-state index < -0.39 is 0 Å². The molecule has 1 saturated heterocycles. The summed E-state index contributed by atoms with van der Waals surface area (Å²) in [6, 6.07) is 20.4. The van der Waals surface area contributed by atoms with Crippen LogP contribution in [0.3, 0.4) is 0 Å². The average Bonchev–Trinajstić information content (AvgIpc) is 3.16. The number of aryl methyl sites for hydroxylation is 2. The summed E-state index contributed by atoms with van der Waals surface area (Å²) >= 11 is 5.45. The normalized spacial score (nSPS) is 14.1. The molecule has 2 N–H and O–H groups in total. The fraction of sp³-hybridized carbons (Fsp3) is 0.179. The van der Waals surface area contributed by atoms with Gasteiger partial charge >= 0.3 is 0 Å². The van der Waals surface area contributed by atoms with Gasteiger partial charge in [-0.15, -0.1) is 0 Å². The van der Waals surface area contributed by atoms with Gasteiger partial charge < -0.3 is 20.1 Å². The van der Waals surface area contributed by atoms with Gasteiger partial charge in [0, 0.05) is 5.69 Å². The van der Waals surface area contributed by atoms with Gasteiger partial charge in [0.1, 0.15) is 5.70 Å². The van der Waals surface area contributed by atoms with Crippen LogP contribution in [0, 0.1) is 6.92 Å². The van der Waals surface area contributed by atoms with Gasteiger partial charge in [-0.25, -0.2) is 0 Å². The molecule has 0 aliphatic carbocycles. The van der Waals surface area contributed by atoms with Crippen LogP contribution in [0.15, 0.2) is 72.4 Å². The maximum absolute atomic E-state index is 13.2. The summed E-state index contributed by atoms with van der Waals surface area (Å²) in [7, 11) is 1.52. The Morgan fingerprint density at radius 2 is 1.83 bits per heavy atom. The molecule has 1 heterocycles. The zero-order chi connectivity index (χ0) is 25.7. The lowest BCUT2D eigenvalue weighted by atomic mass is 10.1. The Morgan fingerprint density at radius 3 is 2.56 bits per heavy atom. The van der Waals surface area contributed by atoms with E-state index in [-0.39, 0.29) is 18.4 Å². The molecule has 1 fully saturated rings. The number of anilines is 2. The van der Waals surface area contributed by atoms with E-state index in [1.54, 1.807) is 24.3 Å². The average molecular weight is 502 g/mol. The van der Waals surface area contributed by atoms with Gasteiger partial charge in [-0.1, -0.05) is 48.9 Å². The van der Waals surface area contributed by atoms with E-state index in [1.165, 1.54) is 12.0 Å². The molecule has 0 atom stereocenters. The van der Waals surface area contributed by atoms with Gasteiger partial charge in [0.25, 0.3) is 11.8 Å². The van der Waals surface area contributed by atoms with Crippen molar-refractivity contribution in [3.05, 3.63) is 89.1 Å². The Hall–Kier alpha value is -4.17. The molecule has 0 bridgehead atoms. The Bertz CT molecular complexity index is 1330. The third-order valence-electron chi connectivity index (χ3n) is 5.68. The maximum Gasteiger partial charge on any atom is 0.281 e. The van der Waals surface area contributed by atoms with E-state index in [1.807, 2.05) is 62.4 Å². The second-order valence-electron chi connectivity index (χ2n) is 8.22. The van der Waals surface area contributed by atoms with Crippen LogP contribution in [-0.2, 0) is 16.0 Å². The van der Waals surface area contributed by atoms with Crippen molar-refractivity contribution in [3.8, 4) is 11.5 Å². The second-order valence-corrected chi connectivity index (χ2v) is 8.61. The highest BCUT2D eigenvalue weighted by atomic mass is 32.1. The molecule has 0 unspecified atom stereocenters. The molecule has 0 saturated carbocycles. The summed E-state index contributed by atoms with van der Waals surface area (Å²) in [4.78, 5) is 27.0. The minimum Gasteiger partial charge on any atom is -0.493 e. The number of methoxy groups -OCH3 is 1. The van der Waals surface area contributed by atoms with Gasteiger partial charge in [0.2, 0.25) is 0 Å². The number of benzene rings is 3. The summed E-state index contributed by atoms with van der Waals surface area (Å²) in [5.74, 6) is 0.342. The molecule has 0 radical (unpaired) electrons. The van der Waals surface area contributed by atoms with Gasteiger partial charge in [0.15, 0.2) is 23.2 Å². The SMILES string of the molecule is CCc1ccccc1N1C(=O)/C(=C\c2ccc(OCC(=O)Nc3ccc(C)cc3)c(OC)c2)NC1=S. The molecule has 3 aromatic carbocycles. The fourth-order valence-corrected chi connectivity index (χ4v) is 4.11. The first kappa shape index (κ1) is 24.9. The largest absolute Gasteiger partial charge is 0.493 e. The van der Waals surface area contributed by atoms with Crippen molar-refractivity contribution in [2.75, 3.05) is 23.9 Å². The van der Waals surface area contributed by atoms with Crippen molar-refractivity contribution in [2.45, 2.75) is 20.3 Å². The van der Waals surface area contributed by atoms with E-state index in [0.29, 0.717) is 33.6 Å². The van der Waals surface area contributed by atoms with Gasteiger partial charge in [-0.05, 0) is 73.1 Å². The number of amides is 2. The fourth-order valence-electron chi connectivity index (χ4n) is 3.82. The molecule has 0 spiro atoms. The third kappa shape index (κ3) is 5.55. The Labute approximate surface area is 215 Å². The Morgan fingerprint density at radius 1 is 1.08 bits per heavy atom. The maximum atomic E-state index is 13.2. The van der Waals surface area contributed by atoms with Crippen LogP contribution < -0.4 is 25.0 Å². The summed E-state index contributed by atoms with van der Waals surface area (Å²) in [6.07, 6.45) is 2.49. The van der Waals surface area contributed by atoms with E-state index in [0.717, 1.165) is 23.2 Å². The van der Waals surface area contributed by atoms with Gasteiger partial charge in [0.05, 0.1) is 12.8 Å². The number of carbonyl (C=O) groups is 2. The highest BCUT2D eigenvalue weighted by Crippen LogP contribution is 2.30. The number of para-hydroxylation sites is 1. The van der Waals surface area contributed by atoms with Crippen LogP contribution in [-0.4, -0.2) is 30.6 Å². The predicted octanol–water partition coefficient (Wildman–Crippen LogP) is 4.85. The molecule has 1 aliphatic heterocycles. The van der Waals surface area contributed by atoms with E-state index in [9.17, 15) is 9.59 Å². The summed E-state index contributed by atoms with van der Waals surface area (Å²) < 4.78 is 11.1. The minimum atomic E-state index is -0.284. The summed E-state index contributed by atoms with van der Waals surface area (Å²) in [5, 5.41) is 6.14. The van der Waals surface area contributed by atoms with Gasteiger partial charge in [-0.3, -0.25) is 14.5 Å². The van der Waals surface area contributed by atoms with E-state index in [4.69, 9.17) is 21.7 Å². The van der Waals surface area contributed by atoms with E-state index in [2.05, 4.69) is 10.6 Å². The number of hydrogen-bond acceptors (Lipinski definition) is 5. The third-order valence-corrected chi connectivity index (χ3v) is 5.97. The number of thiocarbonyl (C=S) groups is 1. The topological polar surface area (TPSA) is 79.9 Å². The highest BCUT2D eigenvalue weighted by molar-refractivity contribution is 7.80. The summed E-state index contributed by atoms with van der Waals surface area (Å²) in [6.45, 7) is 3.84. The molecule has 0 aromatic heterocycles. The molecule has 3 aromatic rings. The van der Waals surface area contributed by atoms with Crippen LogP contribution in [0.2, 0.25) is 0 Å². The first-order valence-electron chi connectivity index (χ1n) is 11.5. The zero-order valence-corrected chi connectivity index (χ0v) is 21.1. The van der Waals surface area contributed by atoms with Crippen LogP contribution in [0.5, 0.6) is 11.5 Å². The van der Waals surface area contributed by atoms with Crippen LogP contribution >= 0.6 is 12.2 Å². The number of rotatable bonds is 8. The highest BCUT2D eigenvalue weighted by Gasteiger charge is 2.33. The quantitative estimate of drug-likeness (QED) is 0.340. The lowest BCUT2D eigenvalue weighted by Gasteiger charge is -2.17. The van der Waals surface area contributed by atoms with Crippen molar-refractivity contribution < 1.29 is 19.1 Å². The number of carbonyl (C=O) groups excluding carboxylic acids is 2. The monoisotopic (exact) mass is 501 g/mol. The smallest absolute Gasteiger partial charge is 0.281 e. The number of nitrogens with zero attached hydrogens (tertiary/aromatic N) is 1. The molecule has 7 nitrogen and oxygen atoms in total. The molecular formula is C28H27N3O4S. The van der Waals surface area contributed by atoms with Crippen molar-refractivity contribution in [2.24, 2.45) is 0 Å². The molecular weight excluding hydrogens is 474 g/mol. The molecule has 36 heavy (non-hydrogen) atoms. The van der Waals surface area contributed by atoms with Crippen LogP contribution in [0.25, 0.3) is 6.08 Å². The molecule has 184 valence electrons. The van der Waals surface area contributed by atoms with Crippen molar-refractivity contribution in [1.82, 2.24) is 5.32 Å². The second kappa shape index (κ2) is 11.0. The van der Waals surface area contributed by atoms with Crippen molar-refractivity contribution >= 4 is 46.6 Å². The molecule has 2 amide bonds. The van der Waals surface area contributed by atoms with Crippen LogP contribution in [0.1, 0.15) is 23.6 Å². The zero-order valence-electron chi connectivity index (χ0n) is 20.3.